The van der Waals surface area contributed by atoms with E-state index in [1.807, 2.05) is 24.3 Å². The number of amidine groups is 1. The van der Waals surface area contributed by atoms with Crippen molar-refractivity contribution >= 4 is 40.4 Å². The van der Waals surface area contributed by atoms with Gasteiger partial charge in [-0.2, -0.15) is 0 Å². The summed E-state index contributed by atoms with van der Waals surface area (Å²) < 4.78 is 10.4. The van der Waals surface area contributed by atoms with E-state index in [9.17, 15) is 9.59 Å². The Kier molecular flexibility index (Phi) is 6.16. The summed E-state index contributed by atoms with van der Waals surface area (Å²) >= 11 is 1.24. The molecule has 1 heterocycles. The van der Waals surface area contributed by atoms with E-state index in [1.165, 1.54) is 23.6 Å². The Morgan fingerprint density at radius 2 is 1.82 bits per heavy atom. The highest BCUT2D eigenvalue weighted by molar-refractivity contribution is 8.14. The van der Waals surface area contributed by atoms with E-state index in [2.05, 4.69) is 4.99 Å². The van der Waals surface area contributed by atoms with Crippen LogP contribution in [-0.4, -0.2) is 36.8 Å². The standard InChI is InChI=1S/C21H20N2O4S/c1-14(24)13-28-21-22-19(11-15-7-9-17(26-2)10-8-15)20(25)23(21)16-5-4-6-18(12-16)27-3/h4-12H,13H2,1-3H3. The lowest BCUT2D eigenvalue weighted by Crippen LogP contribution is -2.30. The molecule has 2 aromatic rings. The minimum Gasteiger partial charge on any atom is -0.497 e. The molecular weight excluding hydrogens is 376 g/mol. The molecule has 6 nitrogen and oxygen atoms in total. The number of rotatable bonds is 6. The van der Waals surface area contributed by atoms with Gasteiger partial charge in [-0.05, 0) is 42.8 Å². The summed E-state index contributed by atoms with van der Waals surface area (Å²) in [6.45, 7) is 1.51. The Morgan fingerprint density at radius 3 is 2.46 bits per heavy atom. The Balaban J connectivity index is 1.96. The average molecular weight is 396 g/mol. The fraction of sp³-hybridized carbons (Fsp3) is 0.190. The second kappa shape index (κ2) is 8.75. The maximum atomic E-state index is 13.1. The fourth-order valence-corrected chi connectivity index (χ4v) is 3.41. The molecule has 28 heavy (non-hydrogen) atoms. The van der Waals surface area contributed by atoms with Gasteiger partial charge in [0.25, 0.3) is 5.91 Å². The first kappa shape index (κ1) is 19.7. The second-order valence-electron chi connectivity index (χ2n) is 6.03. The van der Waals surface area contributed by atoms with E-state index in [0.717, 1.165) is 11.3 Å². The van der Waals surface area contributed by atoms with Crippen LogP contribution in [0.25, 0.3) is 6.08 Å². The summed E-state index contributed by atoms with van der Waals surface area (Å²) in [4.78, 5) is 30.5. The Hall–Kier alpha value is -3.06. The van der Waals surface area contributed by atoms with E-state index in [1.54, 1.807) is 44.6 Å². The van der Waals surface area contributed by atoms with Crippen LogP contribution in [0.15, 0.2) is 59.2 Å². The summed E-state index contributed by atoms with van der Waals surface area (Å²) in [6.07, 6.45) is 1.72. The molecule has 3 rings (SSSR count). The topological polar surface area (TPSA) is 68.2 Å². The number of carbonyl (C=O) groups excluding carboxylic acids is 2. The SMILES string of the molecule is COc1ccc(C=C2N=C(SCC(C)=O)N(c3cccc(OC)c3)C2=O)cc1. The molecule has 2 aromatic carbocycles. The van der Waals surface area contributed by atoms with Gasteiger partial charge in [0.1, 0.15) is 23.0 Å². The number of hydrogen-bond acceptors (Lipinski definition) is 6. The number of carbonyl (C=O) groups is 2. The van der Waals surface area contributed by atoms with Crippen LogP contribution in [0.3, 0.4) is 0 Å². The van der Waals surface area contributed by atoms with Gasteiger partial charge in [0.15, 0.2) is 5.17 Å². The molecule has 0 spiro atoms. The van der Waals surface area contributed by atoms with Crippen molar-refractivity contribution in [2.24, 2.45) is 4.99 Å². The minimum absolute atomic E-state index is 0.0123. The van der Waals surface area contributed by atoms with Crippen LogP contribution in [0.5, 0.6) is 11.5 Å². The van der Waals surface area contributed by atoms with Crippen LogP contribution < -0.4 is 14.4 Å². The molecule has 1 aliphatic rings. The molecule has 0 atom stereocenters. The van der Waals surface area contributed by atoms with Gasteiger partial charge in [0.2, 0.25) is 0 Å². The van der Waals surface area contributed by atoms with Crippen molar-refractivity contribution in [3.8, 4) is 11.5 Å². The normalized spacial score (nSPS) is 15.0. The molecule has 0 saturated heterocycles. The van der Waals surface area contributed by atoms with E-state index in [-0.39, 0.29) is 17.4 Å². The zero-order chi connectivity index (χ0) is 20.1. The number of ketones is 1. The number of amides is 1. The quantitative estimate of drug-likeness (QED) is 0.696. The van der Waals surface area contributed by atoms with Gasteiger partial charge in [-0.3, -0.25) is 14.5 Å². The molecule has 7 heteroatoms. The number of thioether (sulfide) groups is 1. The lowest BCUT2D eigenvalue weighted by Gasteiger charge is -2.18. The summed E-state index contributed by atoms with van der Waals surface area (Å²) in [5.74, 6) is 1.36. The minimum atomic E-state index is -0.255. The summed E-state index contributed by atoms with van der Waals surface area (Å²) in [5.41, 5.74) is 1.77. The molecule has 0 aliphatic carbocycles. The Morgan fingerprint density at radius 1 is 1.11 bits per heavy atom. The summed E-state index contributed by atoms with van der Waals surface area (Å²) in [6, 6.07) is 14.5. The zero-order valence-corrected chi connectivity index (χ0v) is 16.7. The van der Waals surface area contributed by atoms with E-state index >= 15 is 0 Å². The van der Waals surface area contributed by atoms with Crippen LogP contribution in [0.1, 0.15) is 12.5 Å². The number of aliphatic imine (C=N–C) groups is 1. The number of nitrogens with zero attached hydrogens (tertiary/aromatic N) is 2. The van der Waals surface area contributed by atoms with E-state index < -0.39 is 0 Å². The summed E-state index contributed by atoms with van der Waals surface area (Å²) in [7, 11) is 3.17. The van der Waals surface area contributed by atoms with Gasteiger partial charge in [0, 0.05) is 6.07 Å². The zero-order valence-electron chi connectivity index (χ0n) is 15.8. The Bertz CT molecular complexity index is 951. The largest absolute Gasteiger partial charge is 0.497 e. The molecule has 0 fully saturated rings. The lowest BCUT2D eigenvalue weighted by molar-refractivity contribution is -0.115. The van der Waals surface area contributed by atoms with Gasteiger partial charge >= 0.3 is 0 Å². The predicted molar refractivity (Wildman–Crippen MR) is 112 cm³/mol. The van der Waals surface area contributed by atoms with Crippen LogP contribution >= 0.6 is 11.8 Å². The predicted octanol–water partition coefficient (Wildman–Crippen LogP) is 3.77. The van der Waals surface area contributed by atoms with E-state index in [0.29, 0.717) is 22.3 Å². The van der Waals surface area contributed by atoms with Crippen LogP contribution in [0, 0.1) is 0 Å². The monoisotopic (exact) mass is 396 g/mol. The molecule has 0 unspecified atom stereocenters. The number of hydrogen-bond donors (Lipinski definition) is 0. The molecule has 1 aliphatic heterocycles. The third kappa shape index (κ3) is 4.43. The van der Waals surface area contributed by atoms with Gasteiger partial charge in [-0.1, -0.05) is 30.0 Å². The van der Waals surface area contributed by atoms with Gasteiger partial charge < -0.3 is 9.47 Å². The first-order chi connectivity index (χ1) is 13.5. The third-order valence-electron chi connectivity index (χ3n) is 3.96. The average Bonchev–Trinajstić information content (AvgIpc) is 3.02. The highest BCUT2D eigenvalue weighted by Gasteiger charge is 2.32. The van der Waals surface area contributed by atoms with E-state index in [4.69, 9.17) is 9.47 Å². The highest BCUT2D eigenvalue weighted by atomic mass is 32.2. The number of Topliss-reactive ketones (excluding diaryl/α,β-unsaturated/α-hetero) is 1. The molecule has 0 saturated carbocycles. The first-order valence-electron chi connectivity index (χ1n) is 8.57. The van der Waals surface area contributed by atoms with Gasteiger partial charge in [-0.15, -0.1) is 0 Å². The highest BCUT2D eigenvalue weighted by Crippen LogP contribution is 2.31. The number of benzene rings is 2. The molecule has 0 bridgehead atoms. The van der Waals surface area contributed by atoms with Crippen LogP contribution in [-0.2, 0) is 9.59 Å². The van der Waals surface area contributed by atoms with Crippen LogP contribution in [0.2, 0.25) is 0 Å². The van der Waals surface area contributed by atoms with Gasteiger partial charge in [0.05, 0.1) is 25.7 Å². The van der Waals surface area contributed by atoms with Crippen molar-refractivity contribution in [2.45, 2.75) is 6.92 Å². The lowest BCUT2D eigenvalue weighted by atomic mass is 10.2. The Labute approximate surface area is 167 Å². The van der Waals surface area contributed by atoms with Crippen molar-refractivity contribution < 1.29 is 19.1 Å². The third-order valence-corrected chi connectivity index (χ3v) is 5.05. The molecule has 0 aromatic heterocycles. The second-order valence-corrected chi connectivity index (χ2v) is 6.97. The number of anilines is 1. The maximum absolute atomic E-state index is 13.1. The molecular formula is C21H20N2O4S. The summed E-state index contributed by atoms with van der Waals surface area (Å²) in [5, 5.41) is 0.466. The van der Waals surface area contributed by atoms with Crippen molar-refractivity contribution in [3.63, 3.8) is 0 Å². The molecule has 0 N–H and O–H groups in total. The van der Waals surface area contributed by atoms with Gasteiger partial charge in [-0.25, -0.2) is 4.99 Å². The molecule has 144 valence electrons. The van der Waals surface area contributed by atoms with Crippen molar-refractivity contribution in [1.29, 1.82) is 0 Å². The first-order valence-corrected chi connectivity index (χ1v) is 9.55. The van der Waals surface area contributed by atoms with Crippen LogP contribution in [0.4, 0.5) is 5.69 Å². The molecule has 0 radical (unpaired) electrons. The smallest absolute Gasteiger partial charge is 0.283 e. The van der Waals surface area contributed by atoms with Crippen molar-refractivity contribution in [2.75, 3.05) is 24.9 Å². The fourth-order valence-electron chi connectivity index (χ4n) is 2.59. The van der Waals surface area contributed by atoms with Crippen molar-refractivity contribution in [1.82, 2.24) is 0 Å². The molecule has 1 amide bonds. The van der Waals surface area contributed by atoms with Crippen molar-refractivity contribution in [3.05, 3.63) is 59.8 Å². The number of ether oxygens (including phenoxy) is 2. The number of methoxy groups -OCH3 is 2. The maximum Gasteiger partial charge on any atom is 0.283 e.